The molecule has 3 rings (SSSR count). The lowest BCUT2D eigenvalue weighted by Gasteiger charge is -2.21. The largest absolute Gasteiger partial charge is 0.357 e. The fraction of sp³-hybridized carbons (Fsp3) is 0.368. The summed E-state index contributed by atoms with van der Waals surface area (Å²) in [7, 11) is 1.43. The van der Waals surface area contributed by atoms with E-state index in [1.165, 1.54) is 18.0 Å². The highest BCUT2D eigenvalue weighted by molar-refractivity contribution is 7.10. The molecule has 1 aromatic carbocycles. The Hall–Kier alpha value is -2.28. The smallest absolute Gasteiger partial charge is 0.253 e. The maximum atomic E-state index is 13.6. The summed E-state index contributed by atoms with van der Waals surface area (Å²) < 4.78 is 26.8. The Bertz CT molecular complexity index is 850. The van der Waals surface area contributed by atoms with Gasteiger partial charge in [0.1, 0.15) is 6.04 Å². The first-order valence-corrected chi connectivity index (χ1v) is 9.35. The number of benzene rings is 1. The molecule has 0 saturated heterocycles. The van der Waals surface area contributed by atoms with E-state index in [0.29, 0.717) is 11.5 Å². The van der Waals surface area contributed by atoms with Crippen LogP contribution in [0.15, 0.2) is 23.6 Å². The lowest BCUT2D eigenvalue weighted by Crippen LogP contribution is -2.39. The summed E-state index contributed by atoms with van der Waals surface area (Å²) in [4.78, 5) is 26.2. The summed E-state index contributed by atoms with van der Waals surface area (Å²) in [6.07, 6.45) is 2.81. The Labute approximate surface area is 154 Å². The molecule has 1 heterocycles. The third kappa shape index (κ3) is 3.62. The topological polar surface area (TPSA) is 58.2 Å². The SMILES string of the molecule is CNC(=O)C(NC(=O)c1csc2c1CCC(C)C2)c1ccc(F)c(F)c1. The van der Waals surface area contributed by atoms with Crippen molar-refractivity contribution in [3.63, 3.8) is 0 Å². The molecule has 2 atom stereocenters. The first-order chi connectivity index (χ1) is 12.4. The van der Waals surface area contributed by atoms with E-state index >= 15 is 0 Å². The Morgan fingerprint density at radius 2 is 2.04 bits per heavy atom. The van der Waals surface area contributed by atoms with Crippen molar-refractivity contribution in [1.82, 2.24) is 10.6 Å². The van der Waals surface area contributed by atoms with Gasteiger partial charge in [0, 0.05) is 17.3 Å². The van der Waals surface area contributed by atoms with E-state index in [1.807, 2.05) is 5.38 Å². The fourth-order valence-corrected chi connectivity index (χ4v) is 4.46. The van der Waals surface area contributed by atoms with Crippen LogP contribution in [0.5, 0.6) is 0 Å². The second-order valence-electron chi connectivity index (χ2n) is 6.59. The van der Waals surface area contributed by atoms with E-state index in [2.05, 4.69) is 17.6 Å². The van der Waals surface area contributed by atoms with Gasteiger partial charge in [-0.05, 0) is 48.4 Å². The second-order valence-corrected chi connectivity index (χ2v) is 7.56. The molecule has 2 unspecified atom stereocenters. The molecule has 0 aliphatic heterocycles. The number of amides is 2. The minimum atomic E-state index is -1.10. The van der Waals surface area contributed by atoms with Crippen molar-refractivity contribution in [1.29, 1.82) is 0 Å². The van der Waals surface area contributed by atoms with Crippen molar-refractivity contribution >= 4 is 23.2 Å². The maximum absolute atomic E-state index is 13.6. The predicted octanol–water partition coefficient (Wildman–Crippen LogP) is 3.37. The predicted molar refractivity (Wildman–Crippen MR) is 96.1 cm³/mol. The number of carbonyl (C=O) groups excluding carboxylic acids is 2. The molecule has 7 heteroatoms. The Balaban J connectivity index is 1.87. The number of fused-ring (bicyclic) bond motifs is 1. The van der Waals surface area contributed by atoms with Gasteiger partial charge in [-0.2, -0.15) is 0 Å². The van der Waals surface area contributed by atoms with Gasteiger partial charge >= 0.3 is 0 Å². The van der Waals surface area contributed by atoms with E-state index in [9.17, 15) is 18.4 Å². The minimum absolute atomic E-state index is 0.189. The van der Waals surface area contributed by atoms with Gasteiger partial charge in [0.05, 0.1) is 5.56 Å². The zero-order chi connectivity index (χ0) is 18.8. The van der Waals surface area contributed by atoms with Gasteiger partial charge in [0.15, 0.2) is 11.6 Å². The number of nitrogens with one attached hydrogen (secondary N) is 2. The highest BCUT2D eigenvalue weighted by Gasteiger charge is 2.27. The highest BCUT2D eigenvalue weighted by Crippen LogP contribution is 2.33. The summed E-state index contributed by atoms with van der Waals surface area (Å²) in [5, 5.41) is 6.92. The molecular formula is C19H20F2N2O2S. The van der Waals surface area contributed by atoms with Gasteiger partial charge in [-0.25, -0.2) is 8.78 Å². The minimum Gasteiger partial charge on any atom is -0.357 e. The fourth-order valence-electron chi connectivity index (χ4n) is 3.21. The first kappa shape index (κ1) is 18.5. The molecular weight excluding hydrogens is 358 g/mol. The van der Waals surface area contributed by atoms with Crippen molar-refractivity contribution < 1.29 is 18.4 Å². The van der Waals surface area contributed by atoms with E-state index in [1.54, 1.807) is 11.3 Å². The second kappa shape index (κ2) is 7.53. The summed E-state index contributed by atoms with van der Waals surface area (Å²) in [6.45, 7) is 2.19. The summed E-state index contributed by atoms with van der Waals surface area (Å²) in [5.74, 6) is -2.35. The number of hydrogen-bond donors (Lipinski definition) is 2. The third-order valence-corrected chi connectivity index (χ3v) is 5.76. The third-order valence-electron chi connectivity index (χ3n) is 4.71. The lowest BCUT2D eigenvalue weighted by molar-refractivity contribution is -0.122. The summed E-state index contributed by atoms with van der Waals surface area (Å²) >= 11 is 1.55. The lowest BCUT2D eigenvalue weighted by atomic mass is 9.88. The summed E-state index contributed by atoms with van der Waals surface area (Å²) in [5.41, 5.74) is 1.79. The average Bonchev–Trinajstić information content (AvgIpc) is 3.04. The van der Waals surface area contributed by atoms with Crippen molar-refractivity contribution in [2.75, 3.05) is 7.05 Å². The molecule has 0 fully saturated rings. The first-order valence-electron chi connectivity index (χ1n) is 8.47. The number of likely N-dealkylation sites (N-methyl/N-ethyl adjacent to an activating group) is 1. The van der Waals surface area contributed by atoms with Crippen LogP contribution in [-0.4, -0.2) is 18.9 Å². The monoisotopic (exact) mass is 378 g/mol. The number of thiophene rings is 1. The average molecular weight is 378 g/mol. The van der Waals surface area contributed by atoms with Crippen molar-refractivity contribution in [2.24, 2.45) is 5.92 Å². The van der Waals surface area contributed by atoms with Gasteiger partial charge in [0.25, 0.3) is 5.91 Å². The Kier molecular flexibility index (Phi) is 5.36. The van der Waals surface area contributed by atoms with Gasteiger partial charge in [-0.3, -0.25) is 9.59 Å². The summed E-state index contributed by atoms with van der Waals surface area (Å²) in [6, 6.07) is 2.07. The van der Waals surface area contributed by atoms with Crippen LogP contribution < -0.4 is 10.6 Å². The number of halogens is 2. The maximum Gasteiger partial charge on any atom is 0.253 e. The van der Waals surface area contributed by atoms with Gasteiger partial charge in [-0.1, -0.05) is 13.0 Å². The van der Waals surface area contributed by atoms with E-state index in [4.69, 9.17) is 0 Å². The molecule has 0 bridgehead atoms. The van der Waals surface area contributed by atoms with Crippen LogP contribution in [0.2, 0.25) is 0 Å². The van der Waals surface area contributed by atoms with Crippen LogP contribution in [0.25, 0.3) is 0 Å². The molecule has 2 N–H and O–H groups in total. The van der Waals surface area contributed by atoms with Crippen LogP contribution in [0.1, 0.15) is 45.7 Å². The highest BCUT2D eigenvalue weighted by atomic mass is 32.1. The molecule has 4 nitrogen and oxygen atoms in total. The number of carbonyl (C=O) groups is 2. The number of hydrogen-bond acceptors (Lipinski definition) is 3. The molecule has 26 heavy (non-hydrogen) atoms. The molecule has 0 radical (unpaired) electrons. The van der Waals surface area contributed by atoms with Crippen LogP contribution in [0, 0.1) is 17.6 Å². The van der Waals surface area contributed by atoms with Crippen molar-refractivity contribution in [3.05, 3.63) is 56.8 Å². The Morgan fingerprint density at radius 3 is 2.73 bits per heavy atom. The van der Waals surface area contributed by atoms with Crippen molar-refractivity contribution in [2.45, 2.75) is 32.2 Å². The molecule has 2 amide bonds. The van der Waals surface area contributed by atoms with Crippen LogP contribution >= 0.6 is 11.3 Å². The molecule has 1 aliphatic carbocycles. The molecule has 0 spiro atoms. The van der Waals surface area contributed by atoms with Crippen molar-refractivity contribution in [3.8, 4) is 0 Å². The molecule has 0 saturated carbocycles. The molecule has 1 aliphatic rings. The Morgan fingerprint density at radius 1 is 1.27 bits per heavy atom. The zero-order valence-electron chi connectivity index (χ0n) is 14.6. The van der Waals surface area contributed by atoms with E-state index < -0.39 is 23.6 Å². The van der Waals surface area contributed by atoms with Gasteiger partial charge in [-0.15, -0.1) is 11.3 Å². The van der Waals surface area contributed by atoms with Gasteiger partial charge < -0.3 is 10.6 Å². The zero-order valence-corrected chi connectivity index (χ0v) is 15.4. The standard InChI is InChI=1S/C19H20F2N2O2S/c1-10-3-5-12-13(9-26-16(12)7-10)18(24)23-17(19(25)22-2)11-4-6-14(20)15(21)8-11/h4,6,8-10,17H,3,5,7H2,1-2H3,(H,22,25)(H,23,24). The molecule has 138 valence electrons. The quantitative estimate of drug-likeness (QED) is 0.857. The molecule has 1 aromatic heterocycles. The van der Waals surface area contributed by atoms with Gasteiger partial charge in [0.2, 0.25) is 5.91 Å². The van der Waals surface area contributed by atoms with Crippen LogP contribution in [0.4, 0.5) is 8.78 Å². The normalized spacial score (nSPS) is 17.3. The van der Waals surface area contributed by atoms with Crippen LogP contribution in [0.3, 0.4) is 0 Å². The number of rotatable bonds is 4. The van der Waals surface area contributed by atoms with E-state index in [-0.39, 0.29) is 11.5 Å². The van der Waals surface area contributed by atoms with E-state index in [0.717, 1.165) is 37.0 Å². The molecule has 2 aromatic rings. The van der Waals surface area contributed by atoms with Crippen LogP contribution in [-0.2, 0) is 17.6 Å².